The summed E-state index contributed by atoms with van der Waals surface area (Å²) >= 11 is 5.97. The number of phenolic OH excluding ortho intramolecular Hbond substituents is 1. The van der Waals surface area contributed by atoms with Gasteiger partial charge in [-0.25, -0.2) is 5.43 Å². The second-order valence-electron chi connectivity index (χ2n) is 6.04. The number of amides is 1. The second-order valence-corrected chi connectivity index (χ2v) is 6.45. The molecule has 0 aliphatic heterocycles. The third-order valence-electron chi connectivity index (χ3n) is 4.19. The van der Waals surface area contributed by atoms with Gasteiger partial charge in [0, 0.05) is 0 Å². The van der Waals surface area contributed by atoms with E-state index in [-0.39, 0.29) is 22.4 Å². The van der Waals surface area contributed by atoms with E-state index in [0.29, 0.717) is 5.56 Å². The van der Waals surface area contributed by atoms with Gasteiger partial charge in [0.1, 0.15) is 0 Å². The van der Waals surface area contributed by atoms with Crippen LogP contribution in [0.3, 0.4) is 0 Å². The van der Waals surface area contributed by atoms with E-state index < -0.39 is 5.92 Å². The summed E-state index contributed by atoms with van der Waals surface area (Å²) < 4.78 is 5.06. The smallest absolute Gasteiger partial charge is 0.252 e. The number of hydrogen-bond donors (Lipinski definition) is 2. The average Bonchev–Trinajstić information content (AvgIpc) is 2.72. The molecular formula is C22H19ClN2O3. The van der Waals surface area contributed by atoms with Gasteiger partial charge in [-0.15, -0.1) is 0 Å². The summed E-state index contributed by atoms with van der Waals surface area (Å²) in [7, 11) is 1.43. The van der Waals surface area contributed by atoms with Crippen molar-refractivity contribution in [1.82, 2.24) is 5.43 Å². The van der Waals surface area contributed by atoms with Crippen molar-refractivity contribution in [2.24, 2.45) is 5.10 Å². The van der Waals surface area contributed by atoms with Gasteiger partial charge in [0.25, 0.3) is 5.91 Å². The van der Waals surface area contributed by atoms with Crippen molar-refractivity contribution >= 4 is 23.7 Å². The van der Waals surface area contributed by atoms with E-state index in [2.05, 4.69) is 10.5 Å². The molecule has 0 aromatic heterocycles. The van der Waals surface area contributed by atoms with Gasteiger partial charge in [0.2, 0.25) is 0 Å². The first kappa shape index (κ1) is 19.5. The molecule has 0 bridgehead atoms. The van der Waals surface area contributed by atoms with E-state index in [4.69, 9.17) is 16.3 Å². The zero-order chi connectivity index (χ0) is 19.9. The molecule has 3 aromatic rings. The lowest BCUT2D eigenvalue weighted by Gasteiger charge is -2.16. The molecule has 0 saturated heterocycles. The number of hydrogen-bond acceptors (Lipinski definition) is 4. The van der Waals surface area contributed by atoms with Crippen LogP contribution in [0.1, 0.15) is 22.6 Å². The maximum Gasteiger partial charge on any atom is 0.252 e. The SMILES string of the molecule is COc1cc(/C=N/NC(=O)C(c2ccccc2)c2ccccc2)cc(Cl)c1O. The number of carbonyl (C=O) groups excluding carboxylic acids is 1. The van der Waals surface area contributed by atoms with Gasteiger partial charge in [-0.2, -0.15) is 5.10 Å². The highest BCUT2D eigenvalue weighted by Crippen LogP contribution is 2.34. The standard InChI is InChI=1S/C22H19ClN2O3/c1-28-19-13-15(12-18(23)21(19)26)14-24-25-22(27)20(16-8-4-2-5-9-16)17-10-6-3-7-11-17/h2-14,20,26H,1H3,(H,25,27)/b24-14+. The molecule has 0 unspecified atom stereocenters. The third-order valence-corrected chi connectivity index (χ3v) is 4.48. The molecule has 0 atom stereocenters. The zero-order valence-corrected chi connectivity index (χ0v) is 15.9. The first-order valence-corrected chi connectivity index (χ1v) is 8.97. The topological polar surface area (TPSA) is 70.9 Å². The number of ether oxygens (including phenoxy) is 1. The zero-order valence-electron chi connectivity index (χ0n) is 15.2. The molecule has 5 nitrogen and oxygen atoms in total. The summed E-state index contributed by atoms with van der Waals surface area (Å²) in [5.41, 5.74) is 4.91. The number of benzene rings is 3. The van der Waals surface area contributed by atoms with Crippen LogP contribution in [0.4, 0.5) is 0 Å². The van der Waals surface area contributed by atoms with Crippen LogP contribution in [-0.2, 0) is 4.79 Å². The molecule has 28 heavy (non-hydrogen) atoms. The van der Waals surface area contributed by atoms with Crippen molar-refractivity contribution in [3.05, 3.63) is 94.5 Å². The Morgan fingerprint density at radius 1 is 1.07 bits per heavy atom. The Labute approximate surface area is 168 Å². The predicted octanol–water partition coefficient (Wildman–Crippen LogP) is 4.34. The van der Waals surface area contributed by atoms with Gasteiger partial charge in [-0.3, -0.25) is 4.79 Å². The number of rotatable bonds is 6. The summed E-state index contributed by atoms with van der Waals surface area (Å²) in [5.74, 6) is -0.659. The number of halogens is 1. The lowest BCUT2D eigenvalue weighted by atomic mass is 9.91. The molecule has 2 N–H and O–H groups in total. The van der Waals surface area contributed by atoms with Crippen molar-refractivity contribution in [3.63, 3.8) is 0 Å². The van der Waals surface area contributed by atoms with Crippen LogP contribution in [-0.4, -0.2) is 24.3 Å². The highest BCUT2D eigenvalue weighted by atomic mass is 35.5. The molecule has 3 rings (SSSR count). The summed E-state index contributed by atoms with van der Waals surface area (Å²) in [6.45, 7) is 0. The fraction of sp³-hybridized carbons (Fsp3) is 0.0909. The van der Waals surface area contributed by atoms with E-state index >= 15 is 0 Å². The first-order valence-electron chi connectivity index (χ1n) is 8.59. The monoisotopic (exact) mass is 394 g/mol. The molecule has 0 saturated carbocycles. The molecule has 0 aliphatic carbocycles. The van der Waals surface area contributed by atoms with Crippen LogP contribution in [0.2, 0.25) is 5.02 Å². The van der Waals surface area contributed by atoms with E-state index in [1.807, 2.05) is 60.7 Å². The first-order chi connectivity index (χ1) is 13.6. The molecule has 0 heterocycles. The van der Waals surface area contributed by atoms with Crippen LogP contribution in [0.5, 0.6) is 11.5 Å². The molecule has 6 heteroatoms. The Kier molecular flexibility index (Phi) is 6.29. The van der Waals surface area contributed by atoms with Crippen molar-refractivity contribution in [3.8, 4) is 11.5 Å². The largest absolute Gasteiger partial charge is 0.503 e. The maximum absolute atomic E-state index is 12.9. The van der Waals surface area contributed by atoms with Crippen LogP contribution in [0.15, 0.2) is 77.9 Å². The Hall–Kier alpha value is -3.31. The molecule has 0 aliphatic rings. The van der Waals surface area contributed by atoms with Crippen LogP contribution >= 0.6 is 11.6 Å². The highest BCUT2D eigenvalue weighted by Gasteiger charge is 2.22. The second kappa shape index (κ2) is 9.06. The van der Waals surface area contributed by atoms with Crippen molar-refractivity contribution in [2.75, 3.05) is 7.11 Å². The molecule has 142 valence electrons. The quantitative estimate of drug-likeness (QED) is 0.482. The van der Waals surface area contributed by atoms with E-state index in [1.54, 1.807) is 6.07 Å². The van der Waals surface area contributed by atoms with E-state index in [0.717, 1.165) is 11.1 Å². The third kappa shape index (κ3) is 4.50. The minimum Gasteiger partial charge on any atom is -0.503 e. The van der Waals surface area contributed by atoms with Gasteiger partial charge in [-0.05, 0) is 28.8 Å². The van der Waals surface area contributed by atoms with Crippen LogP contribution in [0, 0.1) is 0 Å². The van der Waals surface area contributed by atoms with Crippen LogP contribution in [0.25, 0.3) is 0 Å². The number of hydrazone groups is 1. The van der Waals surface area contributed by atoms with Crippen molar-refractivity contribution in [2.45, 2.75) is 5.92 Å². The Morgan fingerprint density at radius 2 is 1.64 bits per heavy atom. The number of carbonyl (C=O) groups is 1. The molecular weight excluding hydrogens is 376 g/mol. The fourth-order valence-electron chi connectivity index (χ4n) is 2.85. The highest BCUT2D eigenvalue weighted by molar-refractivity contribution is 6.32. The summed E-state index contributed by atoms with van der Waals surface area (Å²) in [6.07, 6.45) is 1.44. The number of nitrogens with zero attached hydrogens (tertiary/aromatic N) is 1. The average molecular weight is 395 g/mol. The minimum absolute atomic E-state index is 0.138. The number of nitrogens with one attached hydrogen (secondary N) is 1. The molecule has 0 radical (unpaired) electrons. The number of methoxy groups -OCH3 is 1. The lowest BCUT2D eigenvalue weighted by molar-refractivity contribution is -0.121. The lowest BCUT2D eigenvalue weighted by Crippen LogP contribution is -2.26. The Balaban J connectivity index is 1.81. The van der Waals surface area contributed by atoms with Crippen molar-refractivity contribution in [1.29, 1.82) is 0 Å². The molecule has 3 aromatic carbocycles. The summed E-state index contributed by atoms with van der Waals surface area (Å²) in [6, 6.07) is 22.1. The van der Waals surface area contributed by atoms with E-state index in [1.165, 1.54) is 19.4 Å². The van der Waals surface area contributed by atoms with Gasteiger partial charge in [0.15, 0.2) is 11.5 Å². The minimum atomic E-state index is -0.488. The normalized spacial score (nSPS) is 11.0. The van der Waals surface area contributed by atoms with Gasteiger partial charge < -0.3 is 9.84 Å². The Bertz CT molecular complexity index is 936. The molecule has 0 fully saturated rings. The van der Waals surface area contributed by atoms with E-state index in [9.17, 15) is 9.90 Å². The predicted molar refractivity (Wildman–Crippen MR) is 110 cm³/mol. The molecule has 1 amide bonds. The van der Waals surface area contributed by atoms with Crippen LogP contribution < -0.4 is 10.2 Å². The van der Waals surface area contributed by atoms with Gasteiger partial charge in [-0.1, -0.05) is 72.3 Å². The maximum atomic E-state index is 12.9. The summed E-state index contributed by atoms with van der Waals surface area (Å²) in [4.78, 5) is 12.9. The summed E-state index contributed by atoms with van der Waals surface area (Å²) in [5, 5.41) is 14.0. The fourth-order valence-corrected chi connectivity index (χ4v) is 3.06. The number of phenols is 1. The number of aromatic hydroxyl groups is 1. The van der Waals surface area contributed by atoms with Crippen molar-refractivity contribution < 1.29 is 14.6 Å². The Morgan fingerprint density at radius 3 is 2.18 bits per heavy atom. The molecule has 0 spiro atoms. The van der Waals surface area contributed by atoms with Gasteiger partial charge in [0.05, 0.1) is 24.3 Å². The van der Waals surface area contributed by atoms with Gasteiger partial charge >= 0.3 is 0 Å².